The quantitative estimate of drug-likeness (QED) is 0.393. The molecule has 0 amide bonds. The number of carboxylic acids is 3. The minimum atomic E-state index is -1.87. The summed E-state index contributed by atoms with van der Waals surface area (Å²) in [5, 5.41) is 26.5. The van der Waals surface area contributed by atoms with Gasteiger partial charge in [-0.25, -0.2) is 0 Å². The summed E-state index contributed by atoms with van der Waals surface area (Å²) in [5.41, 5.74) is 0. The highest BCUT2D eigenvalue weighted by Gasteiger charge is 2.39. The maximum Gasteiger partial charge on any atom is 0.318 e. The van der Waals surface area contributed by atoms with Crippen molar-refractivity contribution >= 4 is 17.9 Å². The molecule has 0 aliphatic carbocycles. The van der Waals surface area contributed by atoms with Crippen LogP contribution in [0.25, 0.3) is 0 Å². The summed E-state index contributed by atoms with van der Waals surface area (Å²) in [5.74, 6) is -7.77. The molecule has 1 unspecified atom stereocenters. The average molecular weight is 274 g/mol. The van der Waals surface area contributed by atoms with Gasteiger partial charge in [-0.3, -0.25) is 14.4 Å². The van der Waals surface area contributed by atoms with E-state index in [-0.39, 0.29) is 6.42 Å². The molecule has 0 aromatic heterocycles. The summed E-state index contributed by atoms with van der Waals surface area (Å²) in [6, 6.07) is 0. The maximum absolute atomic E-state index is 11.0. The maximum atomic E-state index is 11.0. The van der Waals surface area contributed by atoms with Gasteiger partial charge in [-0.05, 0) is 6.42 Å². The molecule has 0 rings (SSSR count). The van der Waals surface area contributed by atoms with Crippen LogP contribution in [0.1, 0.15) is 51.9 Å². The van der Waals surface area contributed by atoms with E-state index in [1.807, 2.05) is 0 Å². The van der Waals surface area contributed by atoms with Gasteiger partial charge in [0.15, 0.2) is 5.92 Å². The first-order chi connectivity index (χ1) is 8.91. The Kier molecular flexibility index (Phi) is 8.57. The third-order valence-corrected chi connectivity index (χ3v) is 3.12. The zero-order chi connectivity index (χ0) is 14.8. The Morgan fingerprint density at radius 2 is 1.26 bits per heavy atom. The van der Waals surface area contributed by atoms with Crippen LogP contribution in [0, 0.1) is 11.8 Å². The molecule has 0 spiro atoms. The molecule has 110 valence electrons. The molecule has 0 saturated carbocycles. The monoisotopic (exact) mass is 274 g/mol. The van der Waals surface area contributed by atoms with Crippen LogP contribution in [-0.4, -0.2) is 33.2 Å². The second kappa shape index (κ2) is 9.35. The molecule has 0 heterocycles. The molecule has 1 atom stereocenters. The van der Waals surface area contributed by atoms with Crippen molar-refractivity contribution in [2.24, 2.45) is 11.8 Å². The molecule has 0 aliphatic rings. The Labute approximate surface area is 112 Å². The normalized spacial score (nSPS) is 12.3. The van der Waals surface area contributed by atoms with Crippen LogP contribution in [0.3, 0.4) is 0 Å². The number of aliphatic carboxylic acids is 3. The SMILES string of the molecule is CCCCCCCCC(C(=O)O)C(C(=O)O)C(=O)O. The molecule has 3 N–H and O–H groups in total. The van der Waals surface area contributed by atoms with Crippen LogP contribution >= 0.6 is 0 Å². The first-order valence-electron chi connectivity index (χ1n) is 6.60. The predicted molar refractivity (Wildman–Crippen MR) is 67.9 cm³/mol. The van der Waals surface area contributed by atoms with E-state index in [1.165, 1.54) is 0 Å². The average Bonchev–Trinajstić information content (AvgIpc) is 2.30. The summed E-state index contributed by atoms with van der Waals surface area (Å²) in [6.07, 6.45) is 5.69. The van der Waals surface area contributed by atoms with E-state index in [1.54, 1.807) is 0 Å². The standard InChI is InChI=1S/C13H22O6/c1-2-3-4-5-6-7-8-9(11(14)15)10(12(16)17)13(18)19/h9-10H,2-8H2,1H3,(H,14,15)(H,16,17)(H,18,19). The van der Waals surface area contributed by atoms with Gasteiger partial charge in [0.25, 0.3) is 0 Å². The number of carbonyl (C=O) groups is 3. The van der Waals surface area contributed by atoms with Crippen molar-refractivity contribution in [3.8, 4) is 0 Å². The fourth-order valence-electron chi connectivity index (χ4n) is 2.03. The van der Waals surface area contributed by atoms with Crippen molar-refractivity contribution in [3.05, 3.63) is 0 Å². The zero-order valence-corrected chi connectivity index (χ0v) is 11.2. The summed E-state index contributed by atoms with van der Waals surface area (Å²) >= 11 is 0. The van der Waals surface area contributed by atoms with Crippen LogP contribution in [0.4, 0.5) is 0 Å². The van der Waals surface area contributed by atoms with E-state index in [0.29, 0.717) is 6.42 Å². The van der Waals surface area contributed by atoms with Gasteiger partial charge in [0.05, 0.1) is 5.92 Å². The second-order valence-electron chi connectivity index (χ2n) is 4.66. The van der Waals surface area contributed by atoms with E-state index >= 15 is 0 Å². The topological polar surface area (TPSA) is 112 Å². The lowest BCUT2D eigenvalue weighted by Gasteiger charge is -2.16. The largest absolute Gasteiger partial charge is 0.481 e. The van der Waals surface area contributed by atoms with Crippen molar-refractivity contribution in [1.29, 1.82) is 0 Å². The predicted octanol–water partition coefficient (Wildman–Crippen LogP) is 2.22. The summed E-state index contributed by atoms with van der Waals surface area (Å²) in [7, 11) is 0. The number of rotatable bonds is 11. The molecule has 0 bridgehead atoms. The highest BCUT2D eigenvalue weighted by Crippen LogP contribution is 2.21. The molecule has 0 fully saturated rings. The van der Waals surface area contributed by atoms with E-state index in [2.05, 4.69) is 6.92 Å². The third-order valence-electron chi connectivity index (χ3n) is 3.12. The van der Waals surface area contributed by atoms with Gasteiger partial charge in [0.1, 0.15) is 0 Å². The van der Waals surface area contributed by atoms with Crippen molar-refractivity contribution in [3.63, 3.8) is 0 Å². The fraction of sp³-hybridized carbons (Fsp3) is 0.769. The lowest BCUT2D eigenvalue weighted by atomic mass is 9.87. The molecular weight excluding hydrogens is 252 g/mol. The molecule has 0 aliphatic heterocycles. The first kappa shape index (κ1) is 17.4. The van der Waals surface area contributed by atoms with Gasteiger partial charge in [0, 0.05) is 0 Å². The lowest BCUT2D eigenvalue weighted by molar-refractivity contribution is -0.164. The van der Waals surface area contributed by atoms with Gasteiger partial charge in [-0.15, -0.1) is 0 Å². The van der Waals surface area contributed by atoms with E-state index in [4.69, 9.17) is 15.3 Å². The highest BCUT2D eigenvalue weighted by atomic mass is 16.4. The van der Waals surface area contributed by atoms with E-state index < -0.39 is 29.7 Å². The van der Waals surface area contributed by atoms with Crippen LogP contribution in [-0.2, 0) is 14.4 Å². The summed E-state index contributed by atoms with van der Waals surface area (Å²) < 4.78 is 0. The third kappa shape index (κ3) is 6.79. The van der Waals surface area contributed by atoms with Crippen LogP contribution in [0.15, 0.2) is 0 Å². The Morgan fingerprint density at radius 1 is 0.789 bits per heavy atom. The molecule has 0 saturated heterocycles. The first-order valence-corrected chi connectivity index (χ1v) is 6.60. The summed E-state index contributed by atoms with van der Waals surface area (Å²) in [4.78, 5) is 32.6. The van der Waals surface area contributed by atoms with Crippen LogP contribution in [0.5, 0.6) is 0 Å². The molecular formula is C13H22O6. The molecule has 0 radical (unpaired) electrons. The molecule has 6 nitrogen and oxygen atoms in total. The zero-order valence-electron chi connectivity index (χ0n) is 11.2. The van der Waals surface area contributed by atoms with Gasteiger partial charge in [0.2, 0.25) is 0 Å². The molecule has 6 heteroatoms. The number of carboxylic acid groups (broad SMARTS) is 3. The number of hydrogen-bond donors (Lipinski definition) is 3. The van der Waals surface area contributed by atoms with Gasteiger partial charge < -0.3 is 15.3 Å². The second-order valence-corrected chi connectivity index (χ2v) is 4.66. The Morgan fingerprint density at radius 3 is 1.68 bits per heavy atom. The van der Waals surface area contributed by atoms with Crippen LogP contribution < -0.4 is 0 Å². The Bertz CT molecular complexity index is 298. The number of unbranched alkanes of at least 4 members (excludes halogenated alkanes) is 5. The summed E-state index contributed by atoms with van der Waals surface area (Å²) in [6.45, 7) is 2.09. The van der Waals surface area contributed by atoms with Gasteiger partial charge >= 0.3 is 17.9 Å². The Hall–Kier alpha value is -1.59. The van der Waals surface area contributed by atoms with Gasteiger partial charge in [-0.2, -0.15) is 0 Å². The van der Waals surface area contributed by atoms with Gasteiger partial charge in [-0.1, -0.05) is 45.4 Å². The fourth-order valence-corrected chi connectivity index (χ4v) is 2.03. The Balaban J connectivity index is 4.29. The minimum absolute atomic E-state index is 0.0880. The number of hydrogen-bond acceptors (Lipinski definition) is 3. The van der Waals surface area contributed by atoms with Crippen molar-refractivity contribution in [2.45, 2.75) is 51.9 Å². The van der Waals surface area contributed by atoms with E-state index in [9.17, 15) is 14.4 Å². The van der Waals surface area contributed by atoms with Crippen molar-refractivity contribution in [2.75, 3.05) is 0 Å². The van der Waals surface area contributed by atoms with E-state index in [0.717, 1.165) is 32.1 Å². The minimum Gasteiger partial charge on any atom is -0.481 e. The molecule has 0 aromatic rings. The van der Waals surface area contributed by atoms with Crippen molar-refractivity contribution in [1.82, 2.24) is 0 Å². The smallest absolute Gasteiger partial charge is 0.318 e. The highest BCUT2D eigenvalue weighted by molar-refractivity contribution is 5.97. The molecule has 19 heavy (non-hydrogen) atoms. The lowest BCUT2D eigenvalue weighted by Crippen LogP contribution is -2.35. The van der Waals surface area contributed by atoms with Crippen LogP contribution in [0.2, 0.25) is 0 Å². The molecule has 0 aromatic carbocycles. The van der Waals surface area contributed by atoms with Crippen molar-refractivity contribution < 1.29 is 29.7 Å².